The van der Waals surface area contributed by atoms with E-state index in [4.69, 9.17) is 5.26 Å². The first-order valence-electron chi connectivity index (χ1n) is 15.2. The Morgan fingerprint density at radius 2 is 1.87 bits per heavy atom. The minimum Gasteiger partial charge on any atom is -0.369 e. The molecule has 2 aromatic heterocycles. The molecule has 1 saturated heterocycles. The molecule has 0 atom stereocenters. The van der Waals surface area contributed by atoms with Crippen LogP contribution >= 0.6 is 0 Å². The summed E-state index contributed by atoms with van der Waals surface area (Å²) >= 11 is 0. The van der Waals surface area contributed by atoms with Crippen molar-refractivity contribution in [1.29, 1.82) is 10.5 Å². The zero-order valence-corrected chi connectivity index (χ0v) is 26.2. The number of likely N-dealkylation sites (tertiary alicyclic amines) is 1. The van der Waals surface area contributed by atoms with Gasteiger partial charge in [0.25, 0.3) is 5.91 Å². The summed E-state index contributed by atoms with van der Waals surface area (Å²) in [6, 6.07) is 15.4. The first kappa shape index (κ1) is 31.7. The molecular weight excluding hydrogens is 607 g/mol. The van der Waals surface area contributed by atoms with E-state index in [0.29, 0.717) is 46.0 Å². The van der Waals surface area contributed by atoms with Gasteiger partial charge in [-0.3, -0.25) is 14.6 Å². The number of hydrogen-bond acceptors (Lipinski definition) is 8. The minimum atomic E-state index is -4.66. The number of aromatic nitrogens is 4. The fourth-order valence-corrected chi connectivity index (χ4v) is 6.34. The van der Waals surface area contributed by atoms with Gasteiger partial charge in [0.05, 0.1) is 36.2 Å². The summed E-state index contributed by atoms with van der Waals surface area (Å²) in [5.41, 5.74) is 1.75. The van der Waals surface area contributed by atoms with Crippen molar-refractivity contribution in [2.45, 2.75) is 46.0 Å². The van der Waals surface area contributed by atoms with Gasteiger partial charge < -0.3 is 9.88 Å². The van der Waals surface area contributed by atoms with Gasteiger partial charge in [0, 0.05) is 37.8 Å². The molecule has 2 aliphatic heterocycles. The molecule has 0 spiro atoms. The van der Waals surface area contributed by atoms with E-state index >= 15 is 0 Å². The summed E-state index contributed by atoms with van der Waals surface area (Å²) in [5.74, 6) is 0.387. The molecule has 0 radical (unpaired) electrons. The molecular formula is C34H32F3N9O. The van der Waals surface area contributed by atoms with E-state index in [0.717, 1.165) is 19.5 Å². The third kappa shape index (κ3) is 6.40. The highest BCUT2D eigenvalue weighted by molar-refractivity contribution is 6.10. The van der Waals surface area contributed by atoms with Crippen molar-refractivity contribution in [3.63, 3.8) is 0 Å². The van der Waals surface area contributed by atoms with Crippen LogP contribution in [0, 0.1) is 28.1 Å². The van der Waals surface area contributed by atoms with Crippen molar-refractivity contribution < 1.29 is 18.0 Å². The Morgan fingerprint density at radius 1 is 1.06 bits per heavy atom. The molecule has 2 aliphatic rings. The quantitative estimate of drug-likeness (QED) is 0.228. The van der Waals surface area contributed by atoms with E-state index in [1.165, 1.54) is 11.0 Å². The maximum atomic E-state index is 14.5. The van der Waals surface area contributed by atoms with Gasteiger partial charge in [-0.2, -0.15) is 23.7 Å². The van der Waals surface area contributed by atoms with E-state index in [1.54, 1.807) is 54.3 Å². The smallest absolute Gasteiger partial charge is 0.369 e. The summed E-state index contributed by atoms with van der Waals surface area (Å²) in [6.07, 6.45) is -2.00. The van der Waals surface area contributed by atoms with Crippen LogP contribution in [0.1, 0.15) is 59.3 Å². The van der Waals surface area contributed by atoms with Crippen molar-refractivity contribution in [2.24, 2.45) is 12.5 Å². The Labute approximate surface area is 270 Å². The zero-order valence-electron chi connectivity index (χ0n) is 26.2. The fourth-order valence-electron chi connectivity index (χ4n) is 6.34. The van der Waals surface area contributed by atoms with E-state index in [-0.39, 0.29) is 41.9 Å². The molecule has 6 rings (SSSR count). The summed E-state index contributed by atoms with van der Waals surface area (Å²) in [4.78, 5) is 21.9. The molecule has 13 heteroatoms. The Balaban J connectivity index is 1.44. The zero-order chi connectivity index (χ0) is 33.5. The minimum absolute atomic E-state index is 0.00530. The number of anilines is 2. The molecule has 1 N–H and O–H groups in total. The van der Waals surface area contributed by atoms with Gasteiger partial charge in [-0.05, 0) is 83.1 Å². The third-order valence-electron chi connectivity index (χ3n) is 8.61. The second kappa shape index (κ2) is 12.2. The number of carbonyl (C=O) groups excluding carboxylic acids is 1. The first-order chi connectivity index (χ1) is 22.4. The number of benzene rings is 2. The predicted octanol–water partition coefficient (Wildman–Crippen LogP) is 6.15. The number of nitrogens with zero attached hydrogens (tertiary/aromatic N) is 8. The van der Waals surface area contributed by atoms with Crippen molar-refractivity contribution in [3.05, 3.63) is 76.6 Å². The molecule has 4 heterocycles. The largest absolute Gasteiger partial charge is 0.416 e. The topological polar surface area (TPSA) is 127 Å². The van der Waals surface area contributed by atoms with Gasteiger partial charge in [-0.25, -0.2) is 4.98 Å². The van der Waals surface area contributed by atoms with Crippen LogP contribution in [-0.2, 0) is 26.3 Å². The lowest BCUT2D eigenvalue weighted by molar-refractivity contribution is -0.138. The maximum Gasteiger partial charge on any atom is 0.416 e. The lowest BCUT2D eigenvalue weighted by Crippen LogP contribution is -2.25. The van der Waals surface area contributed by atoms with E-state index in [1.807, 2.05) is 0 Å². The molecule has 47 heavy (non-hydrogen) atoms. The SMILES string of the molecule is Cn1cnnc1-c1ccc(C#N)cc1-c1cc(NCCC#N)nc(N2Cc3c(cc(CN4CCC(C)(C)C4)cc3C(F)(F)F)C2=O)c1. The standard InChI is InChI=1S/C34H32F3N9O/c1-33(2)7-10-45(19-33)17-22-12-26-27(28(13-22)34(35,36)37)18-46(32(26)47)30-15-23(14-29(42-30)40-9-4-8-38)25-11-21(16-39)5-6-24(25)31-43-41-20-44(31)3/h5-6,11-15,20H,4,7,9-10,17-19H2,1-3H3,(H,40,42). The average Bonchev–Trinajstić information content (AvgIpc) is 3.71. The van der Waals surface area contributed by atoms with Gasteiger partial charge in [0.2, 0.25) is 0 Å². The van der Waals surface area contributed by atoms with Crippen LogP contribution in [0.15, 0.2) is 48.8 Å². The summed E-state index contributed by atoms with van der Waals surface area (Å²) in [5, 5.41) is 30.1. The van der Waals surface area contributed by atoms with Crippen LogP contribution in [0.5, 0.6) is 0 Å². The monoisotopic (exact) mass is 639 g/mol. The van der Waals surface area contributed by atoms with Crippen molar-refractivity contribution in [3.8, 4) is 34.7 Å². The molecule has 4 aromatic rings. The van der Waals surface area contributed by atoms with Crippen LogP contribution in [0.25, 0.3) is 22.5 Å². The third-order valence-corrected chi connectivity index (χ3v) is 8.61. The van der Waals surface area contributed by atoms with Gasteiger partial charge in [0.1, 0.15) is 18.0 Å². The number of nitrogens with one attached hydrogen (secondary N) is 1. The molecule has 240 valence electrons. The van der Waals surface area contributed by atoms with Gasteiger partial charge in [-0.1, -0.05) is 13.8 Å². The summed E-state index contributed by atoms with van der Waals surface area (Å²) < 4.78 is 45.2. The Kier molecular flexibility index (Phi) is 8.20. The predicted molar refractivity (Wildman–Crippen MR) is 169 cm³/mol. The number of hydrogen-bond donors (Lipinski definition) is 1. The number of aryl methyl sites for hydroxylation is 1. The van der Waals surface area contributed by atoms with Crippen molar-refractivity contribution >= 4 is 17.5 Å². The van der Waals surface area contributed by atoms with Crippen LogP contribution in [0.4, 0.5) is 24.8 Å². The van der Waals surface area contributed by atoms with E-state index < -0.39 is 17.6 Å². The lowest BCUT2D eigenvalue weighted by atomic mass is 9.93. The Hall–Kier alpha value is -5.27. The number of fused-ring (bicyclic) bond motifs is 1. The lowest BCUT2D eigenvalue weighted by Gasteiger charge is -2.21. The Morgan fingerprint density at radius 3 is 2.53 bits per heavy atom. The molecule has 10 nitrogen and oxygen atoms in total. The van der Waals surface area contributed by atoms with Crippen molar-refractivity contribution in [1.82, 2.24) is 24.6 Å². The normalized spacial score (nSPS) is 15.8. The average molecular weight is 640 g/mol. The molecule has 0 bridgehead atoms. The van der Waals surface area contributed by atoms with Gasteiger partial charge >= 0.3 is 6.18 Å². The second-order valence-corrected chi connectivity index (χ2v) is 12.8. The highest BCUT2D eigenvalue weighted by atomic mass is 19.4. The summed E-state index contributed by atoms with van der Waals surface area (Å²) in [6.45, 7) is 6.05. The molecule has 0 unspecified atom stereocenters. The fraction of sp³-hybridized carbons (Fsp3) is 0.353. The molecule has 1 fully saturated rings. The molecule has 0 aliphatic carbocycles. The van der Waals surface area contributed by atoms with Crippen LogP contribution in [-0.4, -0.2) is 50.2 Å². The summed E-state index contributed by atoms with van der Waals surface area (Å²) in [7, 11) is 1.78. The highest BCUT2D eigenvalue weighted by Gasteiger charge is 2.41. The number of amides is 1. The van der Waals surface area contributed by atoms with Crippen molar-refractivity contribution in [2.75, 3.05) is 29.9 Å². The van der Waals surface area contributed by atoms with Crippen LogP contribution < -0.4 is 10.2 Å². The Bertz CT molecular complexity index is 1950. The number of carbonyl (C=O) groups is 1. The number of halogens is 3. The van der Waals surface area contributed by atoms with Crippen LogP contribution in [0.3, 0.4) is 0 Å². The molecule has 0 saturated carbocycles. The number of rotatable bonds is 8. The van der Waals surface area contributed by atoms with Gasteiger partial charge in [-0.15, -0.1) is 10.2 Å². The van der Waals surface area contributed by atoms with Crippen LogP contribution in [0.2, 0.25) is 0 Å². The van der Waals surface area contributed by atoms with E-state index in [2.05, 4.69) is 51.4 Å². The maximum absolute atomic E-state index is 14.5. The molecule has 1 amide bonds. The molecule has 2 aromatic carbocycles. The number of nitriles is 2. The first-order valence-corrected chi connectivity index (χ1v) is 15.2. The highest BCUT2D eigenvalue weighted by Crippen LogP contribution is 2.41. The number of pyridine rings is 1. The van der Waals surface area contributed by atoms with E-state index in [9.17, 15) is 23.2 Å². The van der Waals surface area contributed by atoms with Gasteiger partial charge in [0.15, 0.2) is 5.82 Å². The number of alkyl halides is 3. The second-order valence-electron chi connectivity index (χ2n) is 12.8.